The third-order valence-electron chi connectivity index (χ3n) is 14.8. The maximum absolute atomic E-state index is 6.88. The van der Waals surface area contributed by atoms with Crippen LogP contribution in [-0.2, 0) is 14.1 Å². The van der Waals surface area contributed by atoms with Crippen molar-refractivity contribution >= 4 is 143 Å². The van der Waals surface area contributed by atoms with Gasteiger partial charge in [0, 0.05) is 91.0 Å². The highest BCUT2D eigenvalue weighted by Gasteiger charge is 2.23. The average molecular weight is 899 g/mol. The number of hydrogen-bond acceptors (Lipinski definition) is 4. The fourth-order valence-electron chi connectivity index (χ4n) is 11.6. The van der Waals surface area contributed by atoms with Gasteiger partial charge in [0.2, 0.25) is 0 Å². The van der Waals surface area contributed by atoms with E-state index in [2.05, 4.69) is 251 Å². The van der Waals surface area contributed by atoms with E-state index in [9.17, 15) is 0 Å². The Hall–Kier alpha value is -9.26. The molecule has 0 N–H and O–H groups in total. The molecular formula is C64H42N4O2. The molecule has 0 unspecified atom stereocenters. The van der Waals surface area contributed by atoms with E-state index in [4.69, 9.17) is 8.83 Å². The zero-order valence-electron chi connectivity index (χ0n) is 38.4. The molecule has 0 fully saturated rings. The minimum atomic E-state index is 0.760. The molecule has 6 nitrogen and oxygen atoms in total. The number of benzene rings is 11. The second-order valence-electron chi connectivity index (χ2n) is 18.6. The monoisotopic (exact) mass is 898 g/mol. The van der Waals surface area contributed by atoms with Crippen LogP contribution in [0.5, 0.6) is 0 Å². The predicted molar refractivity (Wildman–Crippen MR) is 293 cm³/mol. The number of para-hydroxylation sites is 4. The van der Waals surface area contributed by atoms with Crippen LogP contribution in [0.1, 0.15) is 0 Å². The molecule has 0 amide bonds. The van der Waals surface area contributed by atoms with Gasteiger partial charge in [-0.05, 0) is 143 Å². The summed E-state index contributed by atoms with van der Waals surface area (Å²) >= 11 is 0. The maximum Gasteiger partial charge on any atom is 0.178 e. The molecule has 4 aromatic heterocycles. The van der Waals surface area contributed by atoms with E-state index in [1.807, 2.05) is 0 Å². The van der Waals surface area contributed by atoms with Crippen LogP contribution in [0.15, 0.2) is 227 Å². The van der Waals surface area contributed by atoms with E-state index in [-0.39, 0.29) is 0 Å². The lowest BCUT2D eigenvalue weighted by molar-refractivity contribution is 0.634. The number of anilines is 6. The van der Waals surface area contributed by atoms with Gasteiger partial charge in [0.1, 0.15) is 11.2 Å². The number of aryl methyl sites for hydroxylation is 2. The van der Waals surface area contributed by atoms with E-state index in [0.29, 0.717) is 0 Å². The highest BCUT2D eigenvalue weighted by molar-refractivity contribution is 6.22. The van der Waals surface area contributed by atoms with Gasteiger partial charge in [-0.1, -0.05) is 97.1 Å². The lowest BCUT2D eigenvalue weighted by Crippen LogP contribution is -2.10. The van der Waals surface area contributed by atoms with Gasteiger partial charge in [-0.15, -0.1) is 0 Å². The largest absolute Gasteiger partial charge is 0.452 e. The van der Waals surface area contributed by atoms with Crippen molar-refractivity contribution in [2.24, 2.45) is 14.1 Å². The Morgan fingerprint density at radius 2 is 0.714 bits per heavy atom. The second-order valence-corrected chi connectivity index (χ2v) is 18.6. The Bertz CT molecular complexity index is 4340. The van der Waals surface area contributed by atoms with Crippen LogP contribution in [0, 0.1) is 0 Å². The summed E-state index contributed by atoms with van der Waals surface area (Å²) in [5.74, 6) is 0. The summed E-state index contributed by atoms with van der Waals surface area (Å²) in [6, 6.07) is 78.7. The summed E-state index contributed by atoms with van der Waals surface area (Å²) in [6.45, 7) is 0. The van der Waals surface area contributed by atoms with Crippen LogP contribution in [0.2, 0.25) is 0 Å². The van der Waals surface area contributed by atoms with E-state index in [0.717, 1.165) is 99.5 Å². The number of fused-ring (bicyclic) bond motifs is 15. The molecule has 4 heterocycles. The Morgan fingerprint density at radius 3 is 1.17 bits per heavy atom. The Kier molecular flexibility index (Phi) is 8.10. The summed E-state index contributed by atoms with van der Waals surface area (Å²) in [4.78, 5) is 4.76. The molecule has 70 heavy (non-hydrogen) atoms. The summed E-state index contributed by atoms with van der Waals surface area (Å²) < 4.78 is 18.3. The molecule has 0 bridgehead atoms. The molecule has 0 spiro atoms. The molecule has 330 valence electrons. The first-order valence-electron chi connectivity index (χ1n) is 23.9. The smallest absolute Gasteiger partial charge is 0.178 e. The molecule has 0 atom stereocenters. The topological polar surface area (TPSA) is 42.6 Å². The van der Waals surface area contributed by atoms with E-state index in [1.165, 1.54) is 43.6 Å². The van der Waals surface area contributed by atoms with E-state index in [1.54, 1.807) is 0 Å². The molecule has 0 saturated heterocycles. The summed E-state index contributed by atoms with van der Waals surface area (Å²) in [6.07, 6.45) is 0. The van der Waals surface area contributed by atoms with E-state index < -0.39 is 0 Å². The van der Waals surface area contributed by atoms with Gasteiger partial charge >= 0.3 is 0 Å². The molecule has 0 aliphatic carbocycles. The van der Waals surface area contributed by atoms with Crippen LogP contribution in [0.3, 0.4) is 0 Å². The predicted octanol–water partition coefficient (Wildman–Crippen LogP) is 18.0. The van der Waals surface area contributed by atoms with Gasteiger partial charge in [-0.3, -0.25) is 0 Å². The van der Waals surface area contributed by atoms with Gasteiger partial charge in [0.25, 0.3) is 0 Å². The normalized spacial score (nSPS) is 12.1. The van der Waals surface area contributed by atoms with Gasteiger partial charge in [0.15, 0.2) is 11.2 Å². The SMILES string of the molecule is Cn1c2ccccc2c2c(N(c3ccccc3)c3ccc4cc5c(cc4c3)oc3c5ccc4c5cc6ccc(N(c7ccccc7)c7cccc8c7c7ccccc7n8C)cc6cc5oc43)cccc21. The third kappa shape index (κ3) is 5.56. The summed E-state index contributed by atoms with van der Waals surface area (Å²) in [5, 5.41) is 13.6. The third-order valence-corrected chi connectivity index (χ3v) is 14.8. The standard InChI is InChI=1S/C64H42N4O2/c1-65-53-21-11-9-19-49(53)61-55(65)23-13-25-57(61)67(43-15-5-3-6-16-43)45-29-27-39-35-51-47-31-32-48-52-36-40-28-30-46(34-42(40)38-60(52)70-64(48)63(47)69-59(51)37-41(39)33-45)68(44-17-7-4-8-18-44)58-26-14-24-56-62(58)50-20-10-12-22-54(50)66(56)2/h3-38H,1-2H3. The molecule has 15 aromatic rings. The maximum atomic E-state index is 6.88. The van der Waals surface area contributed by atoms with Crippen LogP contribution in [0.4, 0.5) is 34.1 Å². The molecule has 0 saturated carbocycles. The average Bonchev–Trinajstić information content (AvgIpc) is 4.14. The Labute approximate surface area is 401 Å². The lowest BCUT2D eigenvalue weighted by atomic mass is 10.0. The van der Waals surface area contributed by atoms with Crippen LogP contribution in [-0.4, -0.2) is 9.13 Å². The Morgan fingerprint density at radius 1 is 0.300 bits per heavy atom. The van der Waals surface area contributed by atoms with Gasteiger partial charge < -0.3 is 27.8 Å². The lowest BCUT2D eigenvalue weighted by Gasteiger charge is -2.26. The number of nitrogens with zero attached hydrogens (tertiary/aromatic N) is 4. The van der Waals surface area contributed by atoms with Crippen LogP contribution in [0.25, 0.3) is 109 Å². The highest BCUT2D eigenvalue weighted by Crippen LogP contribution is 2.47. The number of furan rings is 2. The van der Waals surface area contributed by atoms with Crippen molar-refractivity contribution in [3.05, 3.63) is 218 Å². The quantitative estimate of drug-likeness (QED) is 0.167. The molecule has 0 aliphatic rings. The highest BCUT2D eigenvalue weighted by atomic mass is 16.4. The number of rotatable bonds is 6. The number of aromatic nitrogens is 2. The van der Waals surface area contributed by atoms with Crippen molar-refractivity contribution in [2.75, 3.05) is 9.80 Å². The molecule has 0 aliphatic heterocycles. The van der Waals surface area contributed by atoms with Crippen molar-refractivity contribution < 1.29 is 8.83 Å². The van der Waals surface area contributed by atoms with Crippen molar-refractivity contribution in [1.29, 1.82) is 0 Å². The second kappa shape index (κ2) is 14.6. The van der Waals surface area contributed by atoms with Gasteiger partial charge in [-0.25, -0.2) is 0 Å². The minimum Gasteiger partial charge on any atom is -0.452 e. The van der Waals surface area contributed by atoms with Gasteiger partial charge in [-0.2, -0.15) is 0 Å². The molecule has 11 aromatic carbocycles. The van der Waals surface area contributed by atoms with Crippen molar-refractivity contribution in [1.82, 2.24) is 9.13 Å². The first kappa shape index (κ1) is 38.8. The van der Waals surface area contributed by atoms with Gasteiger partial charge in [0.05, 0.1) is 22.4 Å². The fraction of sp³-hybridized carbons (Fsp3) is 0.0312. The zero-order valence-corrected chi connectivity index (χ0v) is 38.4. The first-order chi connectivity index (χ1) is 34.5. The fourth-order valence-corrected chi connectivity index (χ4v) is 11.6. The minimum absolute atomic E-state index is 0.760. The molecule has 0 radical (unpaired) electrons. The summed E-state index contributed by atoms with van der Waals surface area (Å²) in [5.41, 5.74) is 14.6. The molecule has 15 rings (SSSR count). The first-order valence-corrected chi connectivity index (χ1v) is 23.9. The van der Waals surface area contributed by atoms with Crippen molar-refractivity contribution in [2.45, 2.75) is 0 Å². The van der Waals surface area contributed by atoms with Crippen molar-refractivity contribution in [3.63, 3.8) is 0 Å². The Balaban J connectivity index is 0.864. The van der Waals surface area contributed by atoms with Crippen LogP contribution < -0.4 is 9.80 Å². The summed E-state index contributed by atoms with van der Waals surface area (Å²) in [7, 11) is 4.31. The number of hydrogen-bond donors (Lipinski definition) is 0. The zero-order chi connectivity index (χ0) is 46.2. The molecular weight excluding hydrogens is 857 g/mol. The van der Waals surface area contributed by atoms with Crippen molar-refractivity contribution in [3.8, 4) is 0 Å². The van der Waals surface area contributed by atoms with E-state index >= 15 is 0 Å². The van der Waals surface area contributed by atoms with Crippen LogP contribution >= 0.6 is 0 Å². The molecule has 6 heteroatoms.